The first-order valence-electron chi connectivity index (χ1n) is 11.2. The van der Waals surface area contributed by atoms with Gasteiger partial charge in [-0.1, -0.05) is 24.3 Å². The molecule has 3 aromatic rings. The van der Waals surface area contributed by atoms with Crippen molar-refractivity contribution in [2.24, 2.45) is 7.05 Å². The molecular weight excluding hydrogens is 436 g/mol. The number of aryl methyl sites for hydroxylation is 1. The second kappa shape index (κ2) is 11.2. The van der Waals surface area contributed by atoms with Gasteiger partial charge in [-0.15, -0.1) is 11.8 Å². The maximum atomic E-state index is 5.90. The van der Waals surface area contributed by atoms with Gasteiger partial charge in [0.1, 0.15) is 0 Å². The standard InChI is InChI=1S/C25H32N4OS2/c1-27-18-20(23-9-3-4-10-24(23)27)19-29(12-6-11-28-13-15-30-16-14-28)25(31)26-21-7-5-8-22(17-21)32-2/h3-5,7-10,17-18H,6,11-16,19H2,1-2H3,(H,26,31). The molecule has 2 heterocycles. The Labute approximate surface area is 200 Å². The highest BCUT2D eigenvalue weighted by molar-refractivity contribution is 7.98. The van der Waals surface area contributed by atoms with E-state index in [0.717, 1.165) is 63.2 Å². The molecule has 7 heteroatoms. The summed E-state index contributed by atoms with van der Waals surface area (Å²) in [5.41, 5.74) is 3.59. The predicted molar refractivity (Wildman–Crippen MR) is 140 cm³/mol. The van der Waals surface area contributed by atoms with Gasteiger partial charge in [-0.3, -0.25) is 4.90 Å². The molecule has 5 nitrogen and oxygen atoms in total. The van der Waals surface area contributed by atoms with Crippen molar-refractivity contribution in [3.05, 3.63) is 60.3 Å². The van der Waals surface area contributed by atoms with E-state index in [4.69, 9.17) is 17.0 Å². The number of hydrogen-bond acceptors (Lipinski definition) is 4. The Morgan fingerprint density at radius 2 is 1.97 bits per heavy atom. The van der Waals surface area contributed by atoms with Gasteiger partial charge in [-0.2, -0.15) is 0 Å². The third-order valence-corrected chi connectivity index (χ3v) is 7.04. The van der Waals surface area contributed by atoms with Crippen LogP contribution in [-0.4, -0.2) is 65.1 Å². The monoisotopic (exact) mass is 468 g/mol. The van der Waals surface area contributed by atoms with E-state index < -0.39 is 0 Å². The summed E-state index contributed by atoms with van der Waals surface area (Å²) in [6, 6.07) is 17.0. The molecule has 1 N–H and O–H groups in total. The topological polar surface area (TPSA) is 32.7 Å². The van der Waals surface area contributed by atoms with Gasteiger partial charge in [-0.25, -0.2) is 0 Å². The summed E-state index contributed by atoms with van der Waals surface area (Å²) < 4.78 is 7.69. The first kappa shape index (κ1) is 23.1. The minimum atomic E-state index is 0.776. The maximum absolute atomic E-state index is 5.90. The Morgan fingerprint density at radius 3 is 2.78 bits per heavy atom. The number of thioether (sulfide) groups is 1. The highest BCUT2D eigenvalue weighted by atomic mass is 32.2. The van der Waals surface area contributed by atoms with E-state index in [9.17, 15) is 0 Å². The van der Waals surface area contributed by atoms with Crippen LogP contribution in [0.1, 0.15) is 12.0 Å². The molecule has 0 amide bonds. The third-order valence-electron chi connectivity index (χ3n) is 5.95. The zero-order valence-corrected chi connectivity index (χ0v) is 20.6. The molecule has 170 valence electrons. The number of thiocarbonyl (C=S) groups is 1. The first-order chi connectivity index (χ1) is 15.6. The SMILES string of the molecule is CSc1cccc(NC(=S)N(CCCN2CCOCC2)Cc2cn(C)c3ccccc23)c1. The van der Waals surface area contributed by atoms with Crippen molar-refractivity contribution < 1.29 is 4.74 Å². The molecule has 1 aliphatic rings. The van der Waals surface area contributed by atoms with E-state index >= 15 is 0 Å². The number of benzene rings is 2. The smallest absolute Gasteiger partial charge is 0.173 e. The lowest BCUT2D eigenvalue weighted by atomic mass is 10.1. The molecular formula is C25H32N4OS2. The van der Waals surface area contributed by atoms with E-state index in [1.165, 1.54) is 21.4 Å². The number of nitrogens with one attached hydrogen (secondary N) is 1. The number of rotatable bonds is 8. The van der Waals surface area contributed by atoms with Gasteiger partial charge in [0.15, 0.2) is 5.11 Å². The molecule has 1 aromatic heterocycles. The average molecular weight is 469 g/mol. The van der Waals surface area contributed by atoms with Crippen LogP contribution in [0.5, 0.6) is 0 Å². The van der Waals surface area contributed by atoms with Crippen LogP contribution in [0, 0.1) is 0 Å². The van der Waals surface area contributed by atoms with E-state index in [1.54, 1.807) is 11.8 Å². The molecule has 32 heavy (non-hydrogen) atoms. The molecule has 0 saturated carbocycles. The zero-order chi connectivity index (χ0) is 22.3. The number of fused-ring (bicyclic) bond motifs is 1. The molecule has 0 bridgehead atoms. The van der Waals surface area contributed by atoms with Crippen LogP contribution in [0.3, 0.4) is 0 Å². The highest BCUT2D eigenvalue weighted by Gasteiger charge is 2.16. The van der Waals surface area contributed by atoms with Crippen molar-refractivity contribution in [1.29, 1.82) is 0 Å². The molecule has 4 rings (SSSR count). The zero-order valence-electron chi connectivity index (χ0n) is 18.9. The van der Waals surface area contributed by atoms with Gasteiger partial charge in [0, 0.05) is 67.5 Å². The summed E-state index contributed by atoms with van der Waals surface area (Å²) in [4.78, 5) is 6.02. The van der Waals surface area contributed by atoms with Crippen molar-refractivity contribution in [2.75, 3.05) is 51.0 Å². The lowest BCUT2D eigenvalue weighted by Gasteiger charge is -2.29. The van der Waals surface area contributed by atoms with Crippen LogP contribution >= 0.6 is 24.0 Å². The number of nitrogens with zero attached hydrogens (tertiary/aromatic N) is 3. The highest BCUT2D eigenvalue weighted by Crippen LogP contribution is 2.23. The lowest BCUT2D eigenvalue weighted by Crippen LogP contribution is -2.40. The van der Waals surface area contributed by atoms with Gasteiger partial charge in [0.25, 0.3) is 0 Å². The minimum Gasteiger partial charge on any atom is -0.379 e. The van der Waals surface area contributed by atoms with Crippen molar-refractivity contribution >= 4 is 45.7 Å². The van der Waals surface area contributed by atoms with Crippen LogP contribution in [0.15, 0.2) is 59.6 Å². The second-order valence-electron chi connectivity index (χ2n) is 8.17. The van der Waals surface area contributed by atoms with E-state index in [1.807, 2.05) is 0 Å². The van der Waals surface area contributed by atoms with Crippen molar-refractivity contribution in [3.8, 4) is 0 Å². The Hall–Kier alpha value is -2.06. The molecule has 1 saturated heterocycles. The predicted octanol–water partition coefficient (Wildman–Crippen LogP) is 4.82. The fourth-order valence-electron chi connectivity index (χ4n) is 4.22. The first-order valence-corrected chi connectivity index (χ1v) is 12.8. The molecule has 1 fully saturated rings. The van der Waals surface area contributed by atoms with Crippen molar-refractivity contribution in [2.45, 2.75) is 17.9 Å². The van der Waals surface area contributed by atoms with Crippen LogP contribution < -0.4 is 5.32 Å². The molecule has 1 aliphatic heterocycles. The number of aromatic nitrogens is 1. The Balaban J connectivity index is 1.49. The largest absolute Gasteiger partial charge is 0.379 e. The van der Waals surface area contributed by atoms with E-state index in [0.29, 0.717) is 0 Å². The van der Waals surface area contributed by atoms with Crippen molar-refractivity contribution in [1.82, 2.24) is 14.4 Å². The van der Waals surface area contributed by atoms with Gasteiger partial charge in [-0.05, 0) is 54.7 Å². The quantitative estimate of drug-likeness (QED) is 0.377. The fourth-order valence-corrected chi connectivity index (χ4v) is 4.96. The summed E-state index contributed by atoms with van der Waals surface area (Å²) in [6.45, 7) is 6.49. The normalized spacial score (nSPS) is 14.6. The summed E-state index contributed by atoms with van der Waals surface area (Å²) in [6.07, 6.45) is 5.39. The minimum absolute atomic E-state index is 0.776. The number of para-hydroxylation sites is 1. The third kappa shape index (κ3) is 5.84. The number of anilines is 1. The van der Waals surface area contributed by atoms with Crippen molar-refractivity contribution in [3.63, 3.8) is 0 Å². The Morgan fingerprint density at radius 1 is 1.16 bits per heavy atom. The Kier molecular flexibility index (Phi) is 8.08. The van der Waals surface area contributed by atoms with Gasteiger partial charge >= 0.3 is 0 Å². The van der Waals surface area contributed by atoms with Crippen LogP contribution in [0.25, 0.3) is 10.9 Å². The average Bonchev–Trinajstić information content (AvgIpc) is 3.14. The van der Waals surface area contributed by atoms with Gasteiger partial charge in [0.05, 0.1) is 13.2 Å². The summed E-state index contributed by atoms with van der Waals surface area (Å²) in [5.74, 6) is 0. The number of morpholine rings is 1. The van der Waals surface area contributed by atoms with Gasteiger partial charge < -0.3 is 19.5 Å². The number of ether oxygens (including phenoxy) is 1. The number of hydrogen-bond donors (Lipinski definition) is 1. The maximum Gasteiger partial charge on any atom is 0.173 e. The van der Waals surface area contributed by atoms with Crippen LogP contribution in [-0.2, 0) is 18.3 Å². The molecule has 0 aliphatic carbocycles. The molecule has 0 spiro atoms. The van der Waals surface area contributed by atoms with Crippen LogP contribution in [0.4, 0.5) is 5.69 Å². The molecule has 0 atom stereocenters. The summed E-state index contributed by atoms with van der Waals surface area (Å²) in [5, 5.41) is 5.55. The van der Waals surface area contributed by atoms with E-state index in [2.05, 4.69) is 87.7 Å². The lowest BCUT2D eigenvalue weighted by molar-refractivity contribution is 0.0368. The summed E-state index contributed by atoms with van der Waals surface area (Å²) >= 11 is 7.64. The van der Waals surface area contributed by atoms with E-state index in [-0.39, 0.29) is 0 Å². The second-order valence-corrected chi connectivity index (χ2v) is 9.44. The Bertz CT molecular complexity index is 1050. The van der Waals surface area contributed by atoms with Crippen LogP contribution in [0.2, 0.25) is 0 Å². The summed E-state index contributed by atoms with van der Waals surface area (Å²) in [7, 11) is 2.11. The molecule has 0 unspecified atom stereocenters. The molecule has 2 aromatic carbocycles. The van der Waals surface area contributed by atoms with Gasteiger partial charge in [0.2, 0.25) is 0 Å². The fraction of sp³-hybridized carbons (Fsp3) is 0.400. The molecule has 0 radical (unpaired) electrons.